The lowest BCUT2D eigenvalue weighted by atomic mass is 10.2. The standard InChI is InChI=1S/C17H17ClN6O3/c1-2-15(23-11-14(9-19-23)24(26)27)17(25)20-16-6-7-22(21-16)10-12-4-3-5-13(18)8-12/h3-9,11,15H,2,10H2,1H3,(H,20,21,25). The minimum atomic E-state index is -0.670. The first kappa shape index (κ1) is 18.6. The predicted octanol–water partition coefficient (Wildman–Crippen LogP) is 3.28. The summed E-state index contributed by atoms with van der Waals surface area (Å²) < 4.78 is 2.97. The quantitative estimate of drug-likeness (QED) is 0.493. The molecule has 3 aromatic rings. The predicted molar refractivity (Wildman–Crippen MR) is 99.6 cm³/mol. The molecule has 1 N–H and O–H groups in total. The average molecular weight is 389 g/mol. The molecule has 0 spiro atoms. The van der Waals surface area contributed by atoms with Gasteiger partial charge in [-0.1, -0.05) is 30.7 Å². The number of aromatic nitrogens is 4. The largest absolute Gasteiger partial charge is 0.307 e. The summed E-state index contributed by atoms with van der Waals surface area (Å²) in [4.78, 5) is 22.8. The molecule has 2 aromatic heterocycles. The van der Waals surface area contributed by atoms with Crippen molar-refractivity contribution in [2.45, 2.75) is 25.9 Å². The molecule has 9 nitrogen and oxygen atoms in total. The highest BCUT2D eigenvalue weighted by Gasteiger charge is 2.22. The van der Waals surface area contributed by atoms with Crippen molar-refractivity contribution >= 4 is 29.0 Å². The molecule has 0 aliphatic carbocycles. The number of anilines is 1. The molecular weight excluding hydrogens is 372 g/mol. The van der Waals surface area contributed by atoms with E-state index in [2.05, 4.69) is 15.5 Å². The van der Waals surface area contributed by atoms with Gasteiger partial charge < -0.3 is 5.32 Å². The second-order valence-corrected chi connectivity index (χ2v) is 6.31. The molecule has 1 atom stereocenters. The van der Waals surface area contributed by atoms with Crippen LogP contribution in [0.1, 0.15) is 24.9 Å². The first-order valence-corrected chi connectivity index (χ1v) is 8.61. The zero-order valence-corrected chi connectivity index (χ0v) is 15.2. The van der Waals surface area contributed by atoms with Crippen LogP contribution >= 0.6 is 11.6 Å². The van der Waals surface area contributed by atoms with Gasteiger partial charge in [0.25, 0.3) is 0 Å². The Labute approximate surface area is 159 Å². The lowest BCUT2D eigenvalue weighted by Crippen LogP contribution is -2.26. The van der Waals surface area contributed by atoms with E-state index in [1.165, 1.54) is 10.9 Å². The maximum atomic E-state index is 12.5. The van der Waals surface area contributed by atoms with E-state index in [1.807, 2.05) is 18.2 Å². The first-order valence-electron chi connectivity index (χ1n) is 8.23. The second-order valence-electron chi connectivity index (χ2n) is 5.88. The van der Waals surface area contributed by atoms with Crippen LogP contribution in [-0.2, 0) is 11.3 Å². The van der Waals surface area contributed by atoms with E-state index in [9.17, 15) is 14.9 Å². The Balaban J connectivity index is 1.67. The third-order valence-corrected chi connectivity index (χ3v) is 4.17. The molecule has 0 fully saturated rings. The summed E-state index contributed by atoms with van der Waals surface area (Å²) in [7, 11) is 0. The molecule has 2 heterocycles. The van der Waals surface area contributed by atoms with Crippen molar-refractivity contribution in [1.82, 2.24) is 19.6 Å². The van der Waals surface area contributed by atoms with Gasteiger partial charge in [0.15, 0.2) is 5.82 Å². The van der Waals surface area contributed by atoms with Crippen molar-refractivity contribution in [3.05, 3.63) is 69.6 Å². The lowest BCUT2D eigenvalue weighted by Gasteiger charge is -2.13. The maximum absolute atomic E-state index is 12.5. The van der Waals surface area contributed by atoms with Crippen molar-refractivity contribution in [3.8, 4) is 0 Å². The minimum absolute atomic E-state index is 0.160. The van der Waals surface area contributed by atoms with Crippen LogP contribution in [0.5, 0.6) is 0 Å². The summed E-state index contributed by atoms with van der Waals surface area (Å²) in [5.74, 6) is 0.0469. The van der Waals surface area contributed by atoms with Crippen LogP contribution in [0.25, 0.3) is 0 Å². The monoisotopic (exact) mass is 388 g/mol. The van der Waals surface area contributed by atoms with Crippen LogP contribution in [0, 0.1) is 10.1 Å². The highest BCUT2D eigenvalue weighted by molar-refractivity contribution is 6.30. The van der Waals surface area contributed by atoms with E-state index >= 15 is 0 Å². The molecule has 0 saturated carbocycles. The second kappa shape index (κ2) is 8.00. The van der Waals surface area contributed by atoms with Crippen LogP contribution in [0.3, 0.4) is 0 Å². The zero-order chi connectivity index (χ0) is 19.4. The molecule has 0 bridgehead atoms. The van der Waals surface area contributed by atoms with Crippen molar-refractivity contribution in [2.24, 2.45) is 0 Å². The van der Waals surface area contributed by atoms with Gasteiger partial charge >= 0.3 is 5.69 Å². The normalized spacial score (nSPS) is 11.9. The molecule has 0 radical (unpaired) electrons. The fraction of sp³-hybridized carbons (Fsp3) is 0.235. The summed E-state index contributed by atoms with van der Waals surface area (Å²) in [5, 5.41) is 22.4. The number of hydrogen-bond donors (Lipinski definition) is 1. The summed E-state index contributed by atoms with van der Waals surface area (Å²) in [5.41, 5.74) is 0.825. The number of halogens is 1. The van der Waals surface area contributed by atoms with Gasteiger partial charge in [-0.2, -0.15) is 10.2 Å². The number of nitro groups is 1. The van der Waals surface area contributed by atoms with E-state index in [-0.39, 0.29) is 11.6 Å². The van der Waals surface area contributed by atoms with Gasteiger partial charge in [0.1, 0.15) is 18.4 Å². The molecule has 0 aliphatic rings. The molecule has 0 aliphatic heterocycles. The summed E-state index contributed by atoms with van der Waals surface area (Å²) >= 11 is 5.98. The van der Waals surface area contributed by atoms with E-state index in [1.54, 1.807) is 29.9 Å². The number of amides is 1. The molecule has 1 unspecified atom stereocenters. The highest BCUT2D eigenvalue weighted by Crippen LogP contribution is 2.18. The van der Waals surface area contributed by atoms with Crippen molar-refractivity contribution in [3.63, 3.8) is 0 Å². The Hall–Kier alpha value is -3.20. The lowest BCUT2D eigenvalue weighted by molar-refractivity contribution is -0.385. The van der Waals surface area contributed by atoms with Crippen LogP contribution in [0.2, 0.25) is 5.02 Å². The van der Waals surface area contributed by atoms with Crippen LogP contribution in [0.15, 0.2) is 48.9 Å². The van der Waals surface area contributed by atoms with Crippen molar-refractivity contribution in [2.75, 3.05) is 5.32 Å². The summed E-state index contributed by atoms with van der Waals surface area (Å²) in [6, 6.07) is 8.45. The smallest absolute Gasteiger partial charge is 0.307 e. The molecule has 1 amide bonds. The van der Waals surface area contributed by atoms with Gasteiger partial charge in [0.05, 0.1) is 11.5 Å². The van der Waals surface area contributed by atoms with Crippen LogP contribution in [0.4, 0.5) is 11.5 Å². The van der Waals surface area contributed by atoms with E-state index in [4.69, 9.17) is 11.6 Å². The highest BCUT2D eigenvalue weighted by atomic mass is 35.5. The zero-order valence-electron chi connectivity index (χ0n) is 14.4. The van der Waals surface area contributed by atoms with Gasteiger partial charge in [0.2, 0.25) is 5.91 Å². The topological polar surface area (TPSA) is 108 Å². The summed E-state index contributed by atoms with van der Waals surface area (Å²) in [6.45, 7) is 2.31. The number of carbonyl (C=O) groups is 1. The van der Waals surface area contributed by atoms with Gasteiger partial charge in [-0.25, -0.2) is 0 Å². The Bertz CT molecular complexity index is 967. The molecule has 10 heteroatoms. The minimum Gasteiger partial charge on any atom is -0.307 e. The SMILES string of the molecule is CCC(C(=O)Nc1ccn(Cc2cccc(Cl)c2)n1)n1cc([N+](=O)[O-])cn1. The number of nitrogens with zero attached hydrogens (tertiary/aromatic N) is 5. The number of hydrogen-bond acceptors (Lipinski definition) is 5. The Morgan fingerprint density at radius 3 is 2.89 bits per heavy atom. The van der Waals surface area contributed by atoms with E-state index in [0.717, 1.165) is 11.8 Å². The van der Waals surface area contributed by atoms with Gasteiger partial charge in [-0.05, 0) is 24.1 Å². The van der Waals surface area contributed by atoms with Crippen LogP contribution < -0.4 is 5.32 Å². The third-order valence-electron chi connectivity index (χ3n) is 3.93. The molecule has 3 rings (SSSR count). The fourth-order valence-electron chi connectivity index (χ4n) is 2.63. The molecular formula is C17H17ClN6O3. The van der Waals surface area contributed by atoms with E-state index in [0.29, 0.717) is 23.8 Å². The van der Waals surface area contributed by atoms with Crippen LogP contribution in [-0.4, -0.2) is 30.4 Å². The number of benzene rings is 1. The Morgan fingerprint density at radius 2 is 2.22 bits per heavy atom. The van der Waals surface area contributed by atoms with E-state index < -0.39 is 11.0 Å². The Kier molecular flexibility index (Phi) is 5.51. The van der Waals surface area contributed by atoms with Crippen molar-refractivity contribution < 1.29 is 9.72 Å². The number of carbonyl (C=O) groups excluding carboxylic acids is 1. The number of nitrogens with one attached hydrogen (secondary N) is 1. The molecule has 0 saturated heterocycles. The first-order chi connectivity index (χ1) is 13.0. The maximum Gasteiger partial charge on any atom is 0.307 e. The fourth-order valence-corrected chi connectivity index (χ4v) is 2.85. The number of rotatable bonds is 7. The van der Waals surface area contributed by atoms with Gasteiger partial charge in [-0.3, -0.25) is 24.3 Å². The Morgan fingerprint density at radius 1 is 1.41 bits per heavy atom. The molecule has 1 aromatic carbocycles. The molecule has 140 valence electrons. The molecule has 27 heavy (non-hydrogen) atoms. The van der Waals surface area contributed by atoms with Gasteiger partial charge in [0, 0.05) is 17.3 Å². The average Bonchev–Trinajstić information content (AvgIpc) is 3.26. The van der Waals surface area contributed by atoms with Gasteiger partial charge in [-0.15, -0.1) is 0 Å². The summed E-state index contributed by atoms with van der Waals surface area (Å²) in [6.07, 6.45) is 4.53. The van der Waals surface area contributed by atoms with Crippen molar-refractivity contribution in [1.29, 1.82) is 0 Å². The third kappa shape index (κ3) is 4.50.